The molecule has 2 atom stereocenters. The topological polar surface area (TPSA) is 75.5 Å². The summed E-state index contributed by atoms with van der Waals surface area (Å²) in [5.74, 6) is 0.639. The zero-order valence-corrected chi connectivity index (χ0v) is 9.05. The Morgan fingerprint density at radius 1 is 1.40 bits per heavy atom. The van der Waals surface area contributed by atoms with Gasteiger partial charge in [-0.25, -0.2) is 0 Å². The standard InChI is InChI=1S/C9H13ClN2O3/c1-15-8-3-2-6(11-12-8)9(14)7(13)4-5-10/h2-3,7,9,13-14H,4-5H2,1H3. The van der Waals surface area contributed by atoms with Crippen molar-refractivity contribution in [2.75, 3.05) is 13.0 Å². The Morgan fingerprint density at radius 2 is 2.13 bits per heavy atom. The molecule has 0 bridgehead atoms. The monoisotopic (exact) mass is 232 g/mol. The Balaban J connectivity index is 2.69. The number of nitrogens with zero attached hydrogens (tertiary/aromatic N) is 2. The Hall–Kier alpha value is -0.910. The summed E-state index contributed by atoms with van der Waals surface area (Å²) in [6, 6.07) is 3.12. The second-order valence-corrected chi connectivity index (χ2v) is 3.37. The van der Waals surface area contributed by atoms with Gasteiger partial charge in [0.15, 0.2) is 0 Å². The highest BCUT2D eigenvalue weighted by molar-refractivity contribution is 6.17. The SMILES string of the molecule is COc1ccc(C(O)C(O)CCCl)nn1. The third kappa shape index (κ3) is 3.30. The molecule has 6 heteroatoms. The van der Waals surface area contributed by atoms with Crippen LogP contribution in [0.1, 0.15) is 18.2 Å². The van der Waals surface area contributed by atoms with Gasteiger partial charge in [0.1, 0.15) is 6.10 Å². The second kappa shape index (κ2) is 5.85. The fourth-order valence-electron chi connectivity index (χ4n) is 1.06. The van der Waals surface area contributed by atoms with Gasteiger partial charge in [-0.2, -0.15) is 0 Å². The van der Waals surface area contributed by atoms with Crippen molar-refractivity contribution >= 4 is 11.6 Å². The molecule has 2 N–H and O–H groups in total. The summed E-state index contributed by atoms with van der Waals surface area (Å²) in [5.41, 5.74) is 0.299. The number of ether oxygens (including phenoxy) is 1. The average Bonchev–Trinajstić information content (AvgIpc) is 2.28. The molecule has 1 aromatic rings. The van der Waals surface area contributed by atoms with Crippen molar-refractivity contribution in [2.24, 2.45) is 0 Å². The molecule has 1 rings (SSSR count). The van der Waals surface area contributed by atoms with Gasteiger partial charge in [0.2, 0.25) is 5.88 Å². The first-order valence-corrected chi connectivity index (χ1v) is 5.02. The van der Waals surface area contributed by atoms with Crippen LogP contribution in [0.2, 0.25) is 0 Å². The van der Waals surface area contributed by atoms with Crippen LogP contribution in [0.5, 0.6) is 5.88 Å². The summed E-state index contributed by atoms with van der Waals surface area (Å²) < 4.78 is 4.82. The molecule has 15 heavy (non-hydrogen) atoms. The number of hydrogen-bond donors (Lipinski definition) is 2. The van der Waals surface area contributed by atoms with Crippen LogP contribution in [0.3, 0.4) is 0 Å². The van der Waals surface area contributed by atoms with E-state index in [1.165, 1.54) is 7.11 Å². The van der Waals surface area contributed by atoms with Gasteiger partial charge in [-0.15, -0.1) is 21.8 Å². The first-order chi connectivity index (χ1) is 7.19. The quantitative estimate of drug-likeness (QED) is 0.724. The highest BCUT2D eigenvalue weighted by atomic mass is 35.5. The molecule has 0 saturated heterocycles. The normalized spacial score (nSPS) is 14.7. The number of aromatic nitrogens is 2. The number of rotatable bonds is 5. The van der Waals surface area contributed by atoms with Gasteiger partial charge in [-0.1, -0.05) is 0 Å². The maximum Gasteiger partial charge on any atom is 0.233 e. The lowest BCUT2D eigenvalue weighted by atomic mass is 10.1. The van der Waals surface area contributed by atoms with Crippen molar-refractivity contribution in [1.82, 2.24) is 10.2 Å². The summed E-state index contributed by atoms with van der Waals surface area (Å²) in [4.78, 5) is 0. The first kappa shape index (κ1) is 12.2. The maximum atomic E-state index is 9.63. The predicted molar refractivity (Wildman–Crippen MR) is 54.9 cm³/mol. The van der Waals surface area contributed by atoms with E-state index in [0.29, 0.717) is 18.0 Å². The molecule has 84 valence electrons. The lowest BCUT2D eigenvalue weighted by Gasteiger charge is -2.15. The van der Waals surface area contributed by atoms with Gasteiger partial charge in [0.25, 0.3) is 0 Å². The lowest BCUT2D eigenvalue weighted by Crippen LogP contribution is -2.20. The Bertz CT molecular complexity index is 294. The molecule has 0 aliphatic rings. The third-order valence-corrected chi connectivity index (χ3v) is 2.16. The summed E-state index contributed by atoms with van der Waals surface area (Å²) >= 11 is 5.45. The Morgan fingerprint density at radius 3 is 2.60 bits per heavy atom. The largest absolute Gasteiger partial charge is 0.480 e. The minimum Gasteiger partial charge on any atom is -0.480 e. The zero-order chi connectivity index (χ0) is 11.3. The van der Waals surface area contributed by atoms with Gasteiger partial charge < -0.3 is 14.9 Å². The molecule has 0 fully saturated rings. The minimum atomic E-state index is -1.07. The summed E-state index contributed by atoms with van der Waals surface area (Å²) in [7, 11) is 1.47. The van der Waals surface area contributed by atoms with E-state index in [2.05, 4.69) is 10.2 Å². The van der Waals surface area contributed by atoms with Crippen molar-refractivity contribution in [3.63, 3.8) is 0 Å². The van der Waals surface area contributed by atoms with Gasteiger partial charge in [0.05, 0.1) is 18.9 Å². The fraction of sp³-hybridized carbons (Fsp3) is 0.556. The third-order valence-electron chi connectivity index (χ3n) is 1.94. The molecule has 0 spiro atoms. The maximum absolute atomic E-state index is 9.63. The number of hydrogen-bond acceptors (Lipinski definition) is 5. The summed E-state index contributed by atoms with van der Waals surface area (Å²) in [5, 5.41) is 26.5. The van der Waals surface area contributed by atoms with Crippen molar-refractivity contribution in [2.45, 2.75) is 18.6 Å². The first-order valence-electron chi connectivity index (χ1n) is 4.48. The van der Waals surface area contributed by atoms with Crippen molar-refractivity contribution in [3.8, 4) is 5.88 Å². The van der Waals surface area contributed by atoms with E-state index in [1.807, 2.05) is 0 Å². The Kier molecular flexibility index (Phi) is 4.74. The summed E-state index contributed by atoms with van der Waals surface area (Å²) in [6.07, 6.45) is -1.69. The van der Waals surface area contributed by atoms with Crippen molar-refractivity contribution in [1.29, 1.82) is 0 Å². The lowest BCUT2D eigenvalue weighted by molar-refractivity contribution is 0.0138. The van der Waals surface area contributed by atoms with Crippen LogP contribution in [0.4, 0.5) is 0 Å². The molecule has 0 aliphatic heterocycles. The molecular formula is C9H13ClN2O3. The molecule has 0 amide bonds. The van der Waals surface area contributed by atoms with E-state index in [1.54, 1.807) is 12.1 Å². The van der Waals surface area contributed by atoms with Crippen LogP contribution in [0.25, 0.3) is 0 Å². The molecular weight excluding hydrogens is 220 g/mol. The molecule has 5 nitrogen and oxygen atoms in total. The number of halogens is 1. The van der Waals surface area contributed by atoms with Gasteiger partial charge >= 0.3 is 0 Å². The van der Waals surface area contributed by atoms with E-state index >= 15 is 0 Å². The Labute approximate surface area is 92.7 Å². The van der Waals surface area contributed by atoms with Crippen LogP contribution in [0.15, 0.2) is 12.1 Å². The molecule has 0 saturated carbocycles. The second-order valence-electron chi connectivity index (χ2n) is 2.99. The number of methoxy groups -OCH3 is 1. The summed E-state index contributed by atoms with van der Waals surface area (Å²) in [6.45, 7) is 0. The average molecular weight is 233 g/mol. The number of aliphatic hydroxyl groups is 2. The van der Waals surface area contributed by atoms with Crippen LogP contribution in [-0.4, -0.2) is 39.5 Å². The van der Waals surface area contributed by atoms with Crippen LogP contribution in [0, 0.1) is 0 Å². The van der Waals surface area contributed by atoms with Gasteiger partial charge in [-0.05, 0) is 12.5 Å². The van der Waals surface area contributed by atoms with E-state index in [4.69, 9.17) is 16.3 Å². The van der Waals surface area contributed by atoms with Gasteiger partial charge in [0, 0.05) is 11.9 Å². The number of aliphatic hydroxyl groups excluding tert-OH is 2. The molecule has 0 aromatic carbocycles. The van der Waals surface area contributed by atoms with E-state index in [-0.39, 0.29) is 5.88 Å². The highest BCUT2D eigenvalue weighted by Crippen LogP contribution is 2.17. The molecule has 2 unspecified atom stereocenters. The molecule has 0 aliphatic carbocycles. The minimum absolute atomic E-state index is 0.280. The molecule has 0 radical (unpaired) electrons. The van der Waals surface area contributed by atoms with Crippen molar-refractivity contribution in [3.05, 3.63) is 17.8 Å². The zero-order valence-electron chi connectivity index (χ0n) is 8.30. The molecule has 1 aromatic heterocycles. The highest BCUT2D eigenvalue weighted by Gasteiger charge is 2.19. The van der Waals surface area contributed by atoms with Gasteiger partial charge in [-0.3, -0.25) is 0 Å². The van der Waals surface area contributed by atoms with E-state index < -0.39 is 12.2 Å². The molecule has 1 heterocycles. The number of alkyl halides is 1. The van der Waals surface area contributed by atoms with Crippen LogP contribution >= 0.6 is 11.6 Å². The fourth-order valence-corrected chi connectivity index (χ4v) is 1.29. The smallest absolute Gasteiger partial charge is 0.233 e. The van der Waals surface area contributed by atoms with Crippen LogP contribution < -0.4 is 4.74 Å². The van der Waals surface area contributed by atoms with E-state index in [9.17, 15) is 10.2 Å². The van der Waals surface area contributed by atoms with Crippen molar-refractivity contribution < 1.29 is 14.9 Å². The predicted octanol–water partition coefficient (Wildman–Crippen LogP) is 0.508. The van der Waals surface area contributed by atoms with Crippen LogP contribution in [-0.2, 0) is 0 Å². The van der Waals surface area contributed by atoms with E-state index in [0.717, 1.165) is 0 Å².